The molecule has 0 radical (unpaired) electrons. The molecule has 4 aliphatic carbocycles. The third-order valence-electron chi connectivity index (χ3n) is 5.72. The third kappa shape index (κ3) is 2.70. The van der Waals surface area contributed by atoms with Crippen molar-refractivity contribution in [1.82, 2.24) is 5.32 Å². The maximum atomic E-state index is 12.4. The number of benzene rings is 1. The highest BCUT2D eigenvalue weighted by Crippen LogP contribution is 2.55. The molecule has 3 heteroatoms. The number of nitrogens with one attached hydrogen (secondary N) is 1. The van der Waals surface area contributed by atoms with Gasteiger partial charge in [0, 0.05) is 10.6 Å². The van der Waals surface area contributed by atoms with Crippen molar-refractivity contribution in [1.29, 1.82) is 0 Å². The van der Waals surface area contributed by atoms with Crippen LogP contribution >= 0.6 is 11.6 Å². The van der Waals surface area contributed by atoms with Gasteiger partial charge in [-0.3, -0.25) is 4.79 Å². The minimum atomic E-state index is 0.123. The minimum Gasteiger partial charge on any atom is -0.350 e. The molecule has 0 heterocycles. The zero-order valence-electron chi connectivity index (χ0n) is 12.3. The molecule has 0 aromatic heterocycles. The van der Waals surface area contributed by atoms with Gasteiger partial charge in [0.25, 0.3) is 0 Å². The third-order valence-corrected chi connectivity index (χ3v) is 5.97. The Balaban J connectivity index is 1.43. The van der Waals surface area contributed by atoms with Crippen LogP contribution in [-0.2, 0) is 11.2 Å². The van der Waals surface area contributed by atoms with Crippen LogP contribution < -0.4 is 5.32 Å². The zero-order valence-corrected chi connectivity index (χ0v) is 13.0. The lowest BCUT2D eigenvalue weighted by Crippen LogP contribution is -2.60. The lowest BCUT2D eigenvalue weighted by molar-refractivity contribution is -0.126. The van der Waals surface area contributed by atoms with E-state index in [2.05, 4.69) is 5.32 Å². The maximum Gasteiger partial charge on any atom is 0.224 e. The Morgan fingerprint density at radius 2 is 1.57 bits per heavy atom. The molecule has 2 nitrogen and oxygen atoms in total. The van der Waals surface area contributed by atoms with Gasteiger partial charge in [0.15, 0.2) is 0 Å². The van der Waals surface area contributed by atoms with Crippen LogP contribution in [0.15, 0.2) is 24.3 Å². The van der Waals surface area contributed by atoms with E-state index in [0.717, 1.165) is 28.3 Å². The van der Waals surface area contributed by atoms with E-state index in [4.69, 9.17) is 11.6 Å². The van der Waals surface area contributed by atoms with E-state index in [-0.39, 0.29) is 11.4 Å². The summed E-state index contributed by atoms with van der Waals surface area (Å²) in [5.41, 5.74) is 1.17. The smallest absolute Gasteiger partial charge is 0.224 e. The molecule has 112 valence electrons. The molecule has 0 saturated heterocycles. The predicted octanol–water partition coefficient (Wildman–Crippen LogP) is 3.97. The molecular weight excluding hydrogens is 282 g/mol. The van der Waals surface area contributed by atoms with Crippen LogP contribution in [0.25, 0.3) is 0 Å². The second kappa shape index (κ2) is 5.01. The Labute approximate surface area is 131 Å². The van der Waals surface area contributed by atoms with Crippen LogP contribution in [0, 0.1) is 17.8 Å². The van der Waals surface area contributed by atoms with E-state index in [1.807, 2.05) is 24.3 Å². The number of halogens is 1. The zero-order chi connectivity index (χ0) is 14.4. The van der Waals surface area contributed by atoms with Gasteiger partial charge < -0.3 is 5.32 Å². The number of amides is 1. The number of rotatable bonds is 3. The quantitative estimate of drug-likeness (QED) is 0.899. The Kier molecular flexibility index (Phi) is 3.25. The van der Waals surface area contributed by atoms with Crippen molar-refractivity contribution in [2.45, 2.75) is 50.5 Å². The summed E-state index contributed by atoms with van der Waals surface area (Å²) < 4.78 is 0. The average Bonchev–Trinajstić information content (AvgIpc) is 2.39. The van der Waals surface area contributed by atoms with Gasteiger partial charge in [0.2, 0.25) is 5.91 Å². The Morgan fingerprint density at radius 1 is 1.05 bits per heavy atom. The average molecular weight is 304 g/mol. The highest BCUT2D eigenvalue weighted by Gasteiger charge is 2.51. The van der Waals surface area contributed by atoms with Gasteiger partial charge in [-0.1, -0.05) is 23.7 Å². The van der Waals surface area contributed by atoms with Crippen molar-refractivity contribution in [3.63, 3.8) is 0 Å². The Hall–Kier alpha value is -1.02. The molecule has 5 rings (SSSR count). The molecule has 0 unspecified atom stereocenters. The summed E-state index contributed by atoms with van der Waals surface area (Å²) >= 11 is 5.89. The Bertz CT molecular complexity index is 516. The summed E-state index contributed by atoms with van der Waals surface area (Å²) in [7, 11) is 0. The first-order valence-corrected chi connectivity index (χ1v) is 8.53. The summed E-state index contributed by atoms with van der Waals surface area (Å²) in [6, 6.07) is 7.60. The Morgan fingerprint density at radius 3 is 2.10 bits per heavy atom. The first-order chi connectivity index (χ1) is 10.1. The maximum absolute atomic E-state index is 12.4. The first kappa shape index (κ1) is 13.6. The standard InChI is InChI=1S/C18H22ClNO/c19-16-3-1-12(2-4-16)8-17(21)20-18-9-13-5-14(10-18)7-15(6-13)11-18/h1-4,13-15H,5-11H2,(H,20,21). The lowest BCUT2D eigenvalue weighted by atomic mass is 9.53. The number of carbonyl (C=O) groups is 1. The van der Waals surface area contributed by atoms with Gasteiger partial charge >= 0.3 is 0 Å². The number of carbonyl (C=O) groups excluding carboxylic acids is 1. The van der Waals surface area contributed by atoms with Crippen LogP contribution in [0.5, 0.6) is 0 Å². The second-order valence-electron chi connectivity index (χ2n) is 7.55. The van der Waals surface area contributed by atoms with E-state index >= 15 is 0 Å². The highest BCUT2D eigenvalue weighted by molar-refractivity contribution is 6.30. The van der Waals surface area contributed by atoms with Crippen molar-refractivity contribution >= 4 is 17.5 Å². The molecule has 1 amide bonds. The van der Waals surface area contributed by atoms with Crippen molar-refractivity contribution in [3.05, 3.63) is 34.9 Å². The summed E-state index contributed by atoms with van der Waals surface area (Å²) in [6.45, 7) is 0. The molecule has 0 aliphatic heterocycles. The van der Waals surface area contributed by atoms with Crippen LogP contribution in [-0.4, -0.2) is 11.4 Å². The molecule has 0 atom stereocenters. The van der Waals surface area contributed by atoms with E-state index in [9.17, 15) is 4.79 Å². The lowest BCUT2D eigenvalue weighted by Gasteiger charge is -2.56. The van der Waals surface area contributed by atoms with Gasteiger partial charge in [-0.25, -0.2) is 0 Å². The molecular formula is C18H22ClNO. The fraction of sp³-hybridized carbons (Fsp3) is 0.611. The van der Waals surface area contributed by atoms with Crippen molar-refractivity contribution in [3.8, 4) is 0 Å². The SMILES string of the molecule is O=C(Cc1ccc(Cl)cc1)NC12CC3CC(CC(C3)C1)C2. The summed E-state index contributed by atoms with van der Waals surface area (Å²) in [5.74, 6) is 2.78. The number of hydrogen-bond acceptors (Lipinski definition) is 1. The van der Waals surface area contributed by atoms with E-state index in [1.54, 1.807) is 0 Å². The second-order valence-corrected chi connectivity index (χ2v) is 7.99. The molecule has 4 bridgehead atoms. The van der Waals surface area contributed by atoms with Crippen molar-refractivity contribution in [2.75, 3.05) is 0 Å². The van der Waals surface area contributed by atoms with Gasteiger partial charge in [0.1, 0.15) is 0 Å². The van der Waals surface area contributed by atoms with Gasteiger partial charge in [-0.05, 0) is 74.0 Å². The summed E-state index contributed by atoms with van der Waals surface area (Å²) in [4.78, 5) is 12.4. The van der Waals surface area contributed by atoms with E-state index in [0.29, 0.717) is 6.42 Å². The highest BCUT2D eigenvalue weighted by atomic mass is 35.5. The van der Waals surface area contributed by atoms with Gasteiger partial charge in [0.05, 0.1) is 6.42 Å². The van der Waals surface area contributed by atoms with Crippen LogP contribution in [0.3, 0.4) is 0 Å². The van der Waals surface area contributed by atoms with Crippen molar-refractivity contribution in [2.24, 2.45) is 17.8 Å². The topological polar surface area (TPSA) is 29.1 Å². The van der Waals surface area contributed by atoms with Gasteiger partial charge in [-0.15, -0.1) is 0 Å². The molecule has 4 fully saturated rings. The molecule has 1 aromatic rings. The summed E-state index contributed by atoms with van der Waals surface area (Å²) in [6.07, 6.45) is 8.34. The number of hydrogen-bond donors (Lipinski definition) is 1. The molecule has 0 spiro atoms. The largest absolute Gasteiger partial charge is 0.350 e. The molecule has 4 aliphatic rings. The molecule has 1 aromatic carbocycles. The summed E-state index contributed by atoms with van der Waals surface area (Å²) in [5, 5.41) is 4.14. The van der Waals surface area contributed by atoms with E-state index < -0.39 is 0 Å². The fourth-order valence-corrected chi connectivity index (χ4v) is 5.52. The van der Waals surface area contributed by atoms with Crippen LogP contribution in [0.2, 0.25) is 5.02 Å². The molecule has 1 N–H and O–H groups in total. The molecule has 21 heavy (non-hydrogen) atoms. The van der Waals surface area contributed by atoms with Crippen molar-refractivity contribution < 1.29 is 4.79 Å². The monoisotopic (exact) mass is 303 g/mol. The van der Waals surface area contributed by atoms with Crippen LogP contribution in [0.4, 0.5) is 0 Å². The minimum absolute atomic E-state index is 0.123. The van der Waals surface area contributed by atoms with Crippen LogP contribution in [0.1, 0.15) is 44.1 Å². The fourth-order valence-electron chi connectivity index (χ4n) is 5.39. The van der Waals surface area contributed by atoms with Gasteiger partial charge in [-0.2, -0.15) is 0 Å². The first-order valence-electron chi connectivity index (χ1n) is 8.16. The predicted molar refractivity (Wildman–Crippen MR) is 84.2 cm³/mol. The normalized spacial score (nSPS) is 36.7. The molecule has 4 saturated carbocycles. The van der Waals surface area contributed by atoms with E-state index in [1.165, 1.54) is 38.5 Å².